The molecule has 1 heterocycles. The first-order valence-electron chi connectivity index (χ1n) is 8.18. The first kappa shape index (κ1) is 16.3. The molecule has 23 heavy (non-hydrogen) atoms. The van der Waals surface area contributed by atoms with Gasteiger partial charge in [-0.1, -0.05) is 6.92 Å². The molecule has 2 aliphatic carbocycles. The van der Waals surface area contributed by atoms with Gasteiger partial charge in [-0.05, 0) is 33.6 Å². The number of hydrogen-bond donors (Lipinski definition) is 0. The Hall–Kier alpha value is -1.59. The molecule has 0 spiro atoms. The Bertz CT molecular complexity index is 567. The van der Waals surface area contributed by atoms with Crippen LogP contribution in [0.3, 0.4) is 0 Å². The summed E-state index contributed by atoms with van der Waals surface area (Å²) in [5.74, 6) is -1.91. The molecule has 2 saturated carbocycles. The fourth-order valence-electron chi connectivity index (χ4n) is 4.48. The predicted octanol–water partition coefficient (Wildman–Crippen LogP) is 1.70. The molecule has 0 N–H and O–H groups in total. The second-order valence-electron chi connectivity index (χ2n) is 7.77. The molecule has 2 bridgehead atoms. The minimum Gasteiger partial charge on any atom is -0.469 e. The van der Waals surface area contributed by atoms with Crippen LogP contribution in [0.15, 0.2) is 0 Å². The second kappa shape index (κ2) is 4.95. The van der Waals surface area contributed by atoms with Crippen molar-refractivity contribution in [1.29, 1.82) is 0 Å². The van der Waals surface area contributed by atoms with Crippen LogP contribution in [0.1, 0.15) is 40.5 Å². The van der Waals surface area contributed by atoms with Gasteiger partial charge in [0, 0.05) is 11.8 Å². The lowest BCUT2D eigenvalue weighted by molar-refractivity contribution is -0.178. The zero-order chi connectivity index (χ0) is 17.2. The summed E-state index contributed by atoms with van der Waals surface area (Å²) >= 11 is 0. The van der Waals surface area contributed by atoms with E-state index in [4.69, 9.17) is 14.2 Å². The lowest BCUT2D eigenvalue weighted by Crippen LogP contribution is -2.51. The highest BCUT2D eigenvalue weighted by Crippen LogP contribution is 2.65. The van der Waals surface area contributed by atoms with Crippen molar-refractivity contribution in [2.75, 3.05) is 7.11 Å². The number of methoxy groups -OCH3 is 1. The summed E-state index contributed by atoms with van der Waals surface area (Å²) in [6.45, 7) is 7.31. The molecule has 6 atom stereocenters. The topological polar surface area (TPSA) is 78.9 Å². The lowest BCUT2D eigenvalue weighted by atomic mass is 9.66. The van der Waals surface area contributed by atoms with Crippen LogP contribution in [0.4, 0.5) is 0 Å². The van der Waals surface area contributed by atoms with Gasteiger partial charge in [-0.3, -0.25) is 14.4 Å². The molecule has 1 saturated heterocycles. The van der Waals surface area contributed by atoms with E-state index in [1.165, 1.54) is 7.11 Å². The molecule has 128 valence electrons. The van der Waals surface area contributed by atoms with Crippen molar-refractivity contribution in [3.63, 3.8) is 0 Å². The molecule has 6 unspecified atom stereocenters. The molecular weight excluding hydrogens is 300 g/mol. The zero-order valence-electron chi connectivity index (χ0n) is 14.3. The minimum atomic E-state index is -0.981. The molecule has 6 heteroatoms. The maximum atomic E-state index is 12.5. The standard InChI is InChI=1S/C17H24O6/c1-6-16(2,3)14(19)23-12-9-7-8-10(13(18)22-11(8)12)17(9,4)15(20)21-5/h8-12H,6-7H2,1-5H3. The third-order valence-corrected chi connectivity index (χ3v) is 6.32. The smallest absolute Gasteiger partial charge is 0.312 e. The van der Waals surface area contributed by atoms with E-state index in [1.807, 2.05) is 20.8 Å². The van der Waals surface area contributed by atoms with E-state index in [0.717, 1.165) is 0 Å². The summed E-state index contributed by atoms with van der Waals surface area (Å²) in [5.41, 5.74) is -1.59. The summed E-state index contributed by atoms with van der Waals surface area (Å²) in [6, 6.07) is 0. The lowest BCUT2D eigenvalue weighted by Gasteiger charge is -2.38. The van der Waals surface area contributed by atoms with Crippen LogP contribution in [-0.2, 0) is 28.6 Å². The van der Waals surface area contributed by atoms with Crippen molar-refractivity contribution < 1.29 is 28.6 Å². The second-order valence-corrected chi connectivity index (χ2v) is 7.77. The molecule has 0 aromatic rings. The van der Waals surface area contributed by atoms with E-state index in [0.29, 0.717) is 12.8 Å². The van der Waals surface area contributed by atoms with Gasteiger partial charge in [0.25, 0.3) is 0 Å². The van der Waals surface area contributed by atoms with Gasteiger partial charge >= 0.3 is 17.9 Å². The number of esters is 3. The fourth-order valence-corrected chi connectivity index (χ4v) is 4.48. The Morgan fingerprint density at radius 3 is 2.61 bits per heavy atom. The molecule has 3 rings (SSSR count). The van der Waals surface area contributed by atoms with Crippen molar-refractivity contribution in [3.05, 3.63) is 0 Å². The van der Waals surface area contributed by atoms with Crippen molar-refractivity contribution in [3.8, 4) is 0 Å². The molecular formula is C17H24O6. The highest BCUT2D eigenvalue weighted by Gasteiger charge is 2.75. The summed E-state index contributed by atoms with van der Waals surface area (Å²) < 4.78 is 16.2. The monoisotopic (exact) mass is 324 g/mol. The number of carbonyl (C=O) groups is 3. The maximum absolute atomic E-state index is 12.5. The van der Waals surface area contributed by atoms with Crippen LogP contribution in [0.25, 0.3) is 0 Å². The predicted molar refractivity (Wildman–Crippen MR) is 79.0 cm³/mol. The van der Waals surface area contributed by atoms with Crippen LogP contribution in [0, 0.1) is 28.6 Å². The van der Waals surface area contributed by atoms with Crippen LogP contribution >= 0.6 is 0 Å². The molecule has 1 aliphatic heterocycles. The fraction of sp³-hybridized carbons (Fsp3) is 0.824. The number of hydrogen-bond acceptors (Lipinski definition) is 6. The first-order chi connectivity index (χ1) is 10.7. The highest BCUT2D eigenvalue weighted by atomic mass is 16.6. The number of fused-ring (bicyclic) bond motifs is 1. The summed E-state index contributed by atoms with van der Waals surface area (Å²) in [4.78, 5) is 37.1. The third kappa shape index (κ3) is 1.96. The van der Waals surface area contributed by atoms with E-state index in [2.05, 4.69) is 0 Å². The van der Waals surface area contributed by atoms with Crippen LogP contribution in [-0.4, -0.2) is 37.2 Å². The Balaban J connectivity index is 1.91. The van der Waals surface area contributed by atoms with Crippen LogP contribution < -0.4 is 0 Å². The SMILES string of the molecule is CCC(C)(C)C(=O)OC1C2OC(=O)C3C2CC1C3(C)C(=O)OC. The number of carbonyl (C=O) groups excluding carboxylic acids is 3. The van der Waals surface area contributed by atoms with E-state index < -0.39 is 34.9 Å². The number of ether oxygens (including phenoxy) is 3. The average molecular weight is 324 g/mol. The van der Waals surface area contributed by atoms with Gasteiger partial charge in [-0.25, -0.2) is 0 Å². The van der Waals surface area contributed by atoms with Crippen molar-refractivity contribution in [2.45, 2.75) is 52.7 Å². The zero-order valence-corrected chi connectivity index (χ0v) is 14.3. The Morgan fingerprint density at radius 2 is 2.04 bits per heavy atom. The third-order valence-electron chi connectivity index (χ3n) is 6.32. The van der Waals surface area contributed by atoms with Crippen LogP contribution in [0.2, 0.25) is 0 Å². The molecule has 0 aromatic heterocycles. The average Bonchev–Trinajstić information content (AvgIpc) is 3.09. The van der Waals surface area contributed by atoms with Gasteiger partial charge in [0.05, 0.1) is 23.9 Å². The number of rotatable bonds is 4. The molecule has 3 aliphatic rings. The normalized spacial score (nSPS) is 40.9. The Kier molecular flexibility index (Phi) is 3.50. The largest absolute Gasteiger partial charge is 0.469 e. The van der Waals surface area contributed by atoms with E-state index in [9.17, 15) is 14.4 Å². The van der Waals surface area contributed by atoms with Gasteiger partial charge < -0.3 is 14.2 Å². The molecule has 0 aromatic carbocycles. The Labute approximate surface area is 135 Å². The summed E-state index contributed by atoms with van der Waals surface area (Å²) in [6.07, 6.45) is 0.308. The van der Waals surface area contributed by atoms with Crippen molar-refractivity contribution in [1.82, 2.24) is 0 Å². The highest BCUT2D eigenvalue weighted by molar-refractivity contribution is 5.89. The first-order valence-corrected chi connectivity index (χ1v) is 8.18. The summed E-state index contributed by atoms with van der Waals surface area (Å²) in [5, 5.41) is 0. The van der Waals surface area contributed by atoms with Gasteiger partial charge in [-0.15, -0.1) is 0 Å². The quantitative estimate of drug-likeness (QED) is 0.578. The molecule has 6 nitrogen and oxygen atoms in total. The van der Waals surface area contributed by atoms with Crippen molar-refractivity contribution >= 4 is 17.9 Å². The summed E-state index contributed by atoms with van der Waals surface area (Å²) in [7, 11) is 1.32. The van der Waals surface area contributed by atoms with E-state index in [1.54, 1.807) is 6.92 Å². The van der Waals surface area contributed by atoms with Gasteiger partial charge in [-0.2, -0.15) is 0 Å². The van der Waals surface area contributed by atoms with Gasteiger partial charge in [0.15, 0.2) is 0 Å². The molecule has 0 radical (unpaired) electrons. The van der Waals surface area contributed by atoms with Gasteiger partial charge in [0.2, 0.25) is 0 Å². The van der Waals surface area contributed by atoms with Crippen molar-refractivity contribution in [2.24, 2.45) is 28.6 Å². The Morgan fingerprint density at radius 1 is 1.39 bits per heavy atom. The molecule has 0 amide bonds. The van der Waals surface area contributed by atoms with E-state index in [-0.39, 0.29) is 23.8 Å². The van der Waals surface area contributed by atoms with E-state index >= 15 is 0 Å². The van der Waals surface area contributed by atoms with Crippen LogP contribution in [0.5, 0.6) is 0 Å². The van der Waals surface area contributed by atoms with Gasteiger partial charge in [0.1, 0.15) is 12.2 Å². The minimum absolute atomic E-state index is 0.0702. The maximum Gasteiger partial charge on any atom is 0.312 e. The molecule has 3 fully saturated rings.